The van der Waals surface area contributed by atoms with Gasteiger partial charge in [0.1, 0.15) is 0 Å². The lowest BCUT2D eigenvalue weighted by atomic mass is 9.98. The van der Waals surface area contributed by atoms with Gasteiger partial charge in [0.2, 0.25) is 5.95 Å². The Hall–Kier alpha value is -2.50. The Morgan fingerprint density at radius 1 is 1.34 bits per heavy atom. The van der Waals surface area contributed by atoms with E-state index in [4.69, 9.17) is 19.4 Å². The largest absolute Gasteiger partial charge is 0.383 e. The monoisotopic (exact) mass is 459 g/mol. The molecule has 32 heavy (non-hydrogen) atoms. The molecule has 0 radical (unpaired) electrons. The molecule has 172 valence electrons. The van der Waals surface area contributed by atoms with Crippen molar-refractivity contribution < 1.29 is 13.7 Å². The second-order valence-electron chi connectivity index (χ2n) is 8.76. The van der Waals surface area contributed by atoms with Gasteiger partial charge in [0.05, 0.1) is 43.8 Å². The highest BCUT2D eigenvalue weighted by molar-refractivity contribution is 7.92. The summed E-state index contributed by atoms with van der Waals surface area (Å²) in [6, 6.07) is 2.52. The second kappa shape index (κ2) is 8.45. The van der Waals surface area contributed by atoms with E-state index < -0.39 is 9.73 Å². The van der Waals surface area contributed by atoms with Crippen LogP contribution in [0.5, 0.6) is 0 Å². The molecule has 2 aliphatic rings. The molecule has 5 heterocycles. The fourth-order valence-electron chi connectivity index (χ4n) is 4.38. The van der Waals surface area contributed by atoms with Crippen LogP contribution in [0.2, 0.25) is 0 Å². The van der Waals surface area contributed by atoms with Crippen molar-refractivity contribution in [1.29, 1.82) is 4.78 Å². The molecule has 5 rings (SSSR count). The van der Waals surface area contributed by atoms with Crippen molar-refractivity contribution >= 4 is 21.2 Å². The Kier molecular flexibility index (Phi) is 5.64. The van der Waals surface area contributed by atoms with E-state index in [-0.39, 0.29) is 18.0 Å². The average molecular weight is 460 g/mol. The van der Waals surface area contributed by atoms with Crippen LogP contribution in [-0.4, -0.2) is 73.1 Å². The summed E-state index contributed by atoms with van der Waals surface area (Å²) in [5, 5.41) is 12.6. The Bertz CT molecular complexity index is 1200. The topological polar surface area (TPSA) is 119 Å². The molecule has 2 aliphatic heterocycles. The summed E-state index contributed by atoms with van der Waals surface area (Å²) in [5.74, 6) is 1.60. The van der Waals surface area contributed by atoms with Gasteiger partial charge in [0, 0.05) is 63.3 Å². The number of methoxy groups -OCH3 is 1. The number of hydrogen-bond donors (Lipinski definition) is 2. The van der Waals surface area contributed by atoms with Crippen molar-refractivity contribution in [3.05, 3.63) is 30.4 Å². The van der Waals surface area contributed by atoms with Crippen molar-refractivity contribution in [1.82, 2.24) is 24.4 Å². The van der Waals surface area contributed by atoms with Crippen LogP contribution in [0.4, 0.5) is 5.95 Å². The van der Waals surface area contributed by atoms with Crippen LogP contribution in [0.1, 0.15) is 37.4 Å². The van der Waals surface area contributed by atoms with E-state index in [1.54, 1.807) is 7.11 Å². The zero-order valence-electron chi connectivity index (χ0n) is 18.4. The third-order valence-corrected chi connectivity index (χ3v) is 8.04. The molecule has 11 heteroatoms. The van der Waals surface area contributed by atoms with Crippen molar-refractivity contribution in [2.75, 3.05) is 43.8 Å². The van der Waals surface area contributed by atoms with Crippen LogP contribution in [0.15, 0.2) is 24.7 Å². The summed E-state index contributed by atoms with van der Waals surface area (Å²) in [7, 11) is -0.780. The predicted octanol–water partition coefficient (Wildman–Crippen LogP) is 2.54. The maximum Gasteiger partial charge on any atom is 0.241 e. The highest BCUT2D eigenvalue weighted by atomic mass is 32.2. The summed E-state index contributed by atoms with van der Waals surface area (Å²) in [6.45, 7) is 3.95. The van der Waals surface area contributed by atoms with Gasteiger partial charge in [0.25, 0.3) is 0 Å². The molecule has 0 spiro atoms. The van der Waals surface area contributed by atoms with Gasteiger partial charge in [0.15, 0.2) is 0 Å². The molecule has 10 nitrogen and oxygen atoms in total. The summed E-state index contributed by atoms with van der Waals surface area (Å²) < 4.78 is 34.6. The standard InChI is InChI=1S/C21H29N7O3S/c1-14(11-30-2)25-21-23-9-20-18(16-8-24-27(10-16)17-12-31-13-17)7-19(28(20)26-21)15-3-5-32(22,29)6-4-15/h7-10,14-15,17,22H,3-6,11-13H2,1-2H3,(H,25,26)/t14-,15?,32?/m0/s1. The highest BCUT2D eigenvalue weighted by Gasteiger charge is 2.28. The van der Waals surface area contributed by atoms with Crippen molar-refractivity contribution in [2.24, 2.45) is 0 Å². The van der Waals surface area contributed by atoms with Crippen LogP contribution in [-0.2, 0) is 19.2 Å². The van der Waals surface area contributed by atoms with E-state index in [0.29, 0.717) is 37.3 Å². The highest BCUT2D eigenvalue weighted by Crippen LogP contribution is 2.36. The minimum Gasteiger partial charge on any atom is -0.383 e. The maximum absolute atomic E-state index is 12.2. The second-order valence-corrected chi connectivity index (χ2v) is 11.2. The molecule has 3 aromatic heterocycles. The van der Waals surface area contributed by atoms with Gasteiger partial charge in [-0.3, -0.25) is 9.46 Å². The summed E-state index contributed by atoms with van der Waals surface area (Å²) >= 11 is 0. The first-order valence-corrected chi connectivity index (χ1v) is 12.8. The quantitative estimate of drug-likeness (QED) is 0.557. The van der Waals surface area contributed by atoms with Gasteiger partial charge in [-0.1, -0.05) is 0 Å². The molecule has 3 aromatic rings. The lowest BCUT2D eigenvalue weighted by Gasteiger charge is -2.25. The van der Waals surface area contributed by atoms with Crippen molar-refractivity contribution in [2.45, 2.75) is 37.8 Å². The van der Waals surface area contributed by atoms with Gasteiger partial charge in [-0.05, 0) is 25.8 Å². The third-order valence-electron chi connectivity index (χ3n) is 6.25. The first-order valence-electron chi connectivity index (χ1n) is 10.9. The van der Waals surface area contributed by atoms with E-state index in [2.05, 4.69) is 27.7 Å². The smallest absolute Gasteiger partial charge is 0.241 e. The first kappa shape index (κ1) is 21.4. The fourth-order valence-corrected chi connectivity index (χ4v) is 5.91. The number of hydrogen-bond acceptors (Lipinski definition) is 8. The zero-order valence-corrected chi connectivity index (χ0v) is 19.2. The molecule has 1 atom stereocenters. The van der Waals surface area contributed by atoms with E-state index in [1.807, 2.05) is 28.5 Å². The summed E-state index contributed by atoms with van der Waals surface area (Å²) in [4.78, 5) is 4.54. The van der Waals surface area contributed by atoms with E-state index in [0.717, 1.165) is 35.2 Å². The van der Waals surface area contributed by atoms with Crippen LogP contribution in [0.25, 0.3) is 16.6 Å². The molecule has 0 aromatic carbocycles. The maximum atomic E-state index is 12.2. The van der Waals surface area contributed by atoms with Crippen LogP contribution < -0.4 is 5.32 Å². The summed E-state index contributed by atoms with van der Waals surface area (Å²) in [5.41, 5.74) is 4.01. The van der Waals surface area contributed by atoms with Gasteiger partial charge in [-0.15, -0.1) is 5.10 Å². The molecule has 2 saturated heterocycles. The minimum atomic E-state index is -2.45. The molecule has 2 N–H and O–H groups in total. The molecule has 0 bridgehead atoms. The van der Waals surface area contributed by atoms with Crippen molar-refractivity contribution in [3.63, 3.8) is 0 Å². The molecule has 0 saturated carbocycles. The number of fused-ring (bicyclic) bond motifs is 1. The number of aromatic nitrogens is 5. The molecular weight excluding hydrogens is 430 g/mol. The molecule has 2 fully saturated rings. The Labute approximate surface area is 187 Å². The van der Waals surface area contributed by atoms with E-state index >= 15 is 0 Å². The fraction of sp³-hybridized carbons (Fsp3) is 0.571. The van der Waals surface area contributed by atoms with Gasteiger partial charge in [-0.25, -0.2) is 13.7 Å². The van der Waals surface area contributed by atoms with Crippen molar-refractivity contribution in [3.8, 4) is 11.1 Å². The van der Waals surface area contributed by atoms with Gasteiger partial charge >= 0.3 is 0 Å². The average Bonchev–Trinajstić information content (AvgIpc) is 3.32. The normalized spacial score (nSPS) is 25.0. The lowest BCUT2D eigenvalue weighted by molar-refractivity contribution is -0.0286. The Balaban J connectivity index is 1.54. The number of nitrogens with one attached hydrogen (secondary N) is 2. The number of nitrogens with zero attached hydrogens (tertiary/aromatic N) is 5. The summed E-state index contributed by atoms with van der Waals surface area (Å²) in [6.07, 6.45) is 7.21. The Morgan fingerprint density at radius 3 is 2.81 bits per heavy atom. The SMILES string of the molecule is COC[C@H](C)Nc1ncc2c(-c3cnn(C4COC4)c3)cc(C3CCS(=N)(=O)CC3)n2n1. The van der Waals surface area contributed by atoms with E-state index in [1.165, 1.54) is 0 Å². The van der Waals surface area contributed by atoms with Crippen LogP contribution in [0, 0.1) is 4.78 Å². The van der Waals surface area contributed by atoms with Gasteiger partial charge < -0.3 is 14.8 Å². The molecular formula is C21H29N7O3S. The van der Waals surface area contributed by atoms with Gasteiger partial charge in [-0.2, -0.15) is 5.10 Å². The Morgan fingerprint density at radius 2 is 2.12 bits per heavy atom. The number of ether oxygens (including phenoxy) is 2. The first-order chi connectivity index (χ1) is 15.4. The number of rotatable bonds is 7. The molecule has 0 unspecified atom stereocenters. The number of anilines is 1. The molecule has 0 aliphatic carbocycles. The van der Waals surface area contributed by atoms with Crippen LogP contribution in [0.3, 0.4) is 0 Å². The van der Waals surface area contributed by atoms with Crippen LogP contribution >= 0.6 is 0 Å². The zero-order chi connectivity index (χ0) is 22.3. The predicted molar refractivity (Wildman–Crippen MR) is 122 cm³/mol. The minimum absolute atomic E-state index is 0.0709. The lowest BCUT2D eigenvalue weighted by Crippen LogP contribution is -2.30. The van der Waals surface area contributed by atoms with E-state index in [9.17, 15) is 4.21 Å². The third kappa shape index (κ3) is 4.12. The molecule has 0 amide bonds.